The van der Waals surface area contributed by atoms with Gasteiger partial charge in [0.05, 0.1) is 17.6 Å². The summed E-state index contributed by atoms with van der Waals surface area (Å²) < 4.78 is 3.54. The summed E-state index contributed by atoms with van der Waals surface area (Å²) in [6, 6.07) is 0. The van der Waals surface area contributed by atoms with Gasteiger partial charge in [0.15, 0.2) is 0 Å². The van der Waals surface area contributed by atoms with E-state index in [1.54, 1.807) is 17.9 Å². The van der Waals surface area contributed by atoms with Gasteiger partial charge in [-0.1, -0.05) is 0 Å². The SMILES string of the molecule is Cc1nn(C)cc1CNc1cnn(C)c(=O)c1Br. The van der Waals surface area contributed by atoms with Crippen LogP contribution in [0.4, 0.5) is 5.69 Å². The molecular weight excluding hydrogens is 298 g/mol. The summed E-state index contributed by atoms with van der Waals surface area (Å²) in [5.74, 6) is 0. The van der Waals surface area contributed by atoms with Crippen molar-refractivity contribution in [2.75, 3.05) is 5.32 Å². The summed E-state index contributed by atoms with van der Waals surface area (Å²) in [7, 11) is 3.49. The fraction of sp³-hybridized carbons (Fsp3) is 0.364. The molecule has 0 unspecified atom stereocenters. The maximum absolute atomic E-state index is 11.7. The van der Waals surface area contributed by atoms with Crippen LogP contribution in [-0.4, -0.2) is 19.6 Å². The normalized spacial score (nSPS) is 10.7. The predicted molar refractivity (Wildman–Crippen MR) is 72.4 cm³/mol. The molecule has 0 radical (unpaired) electrons. The fourth-order valence-corrected chi connectivity index (χ4v) is 2.15. The summed E-state index contributed by atoms with van der Waals surface area (Å²) >= 11 is 3.27. The van der Waals surface area contributed by atoms with Crippen molar-refractivity contribution in [2.45, 2.75) is 13.5 Å². The van der Waals surface area contributed by atoms with Crippen molar-refractivity contribution >= 4 is 21.6 Å². The van der Waals surface area contributed by atoms with Crippen LogP contribution < -0.4 is 10.9 Å². The van der Waals surface area contributed by atoms with Crippen molar-refractivity contribution in [2.24, 2.45) is 14.1 Å². The van der Waals surface area contributed by atoms with E-state index in [0.29, 0.717) is 16.7 Å². The molecule has 2 aromatic heterocycles. The van der Waals surface area contributed by atoms with E-state index >= 15 is 0 Å². The zero-order chi connectivity index (χ0) is 13.3. The lowest BCUT2D eigenvalue weighted by Gasteiger charge is -2.07. The Bertz CT molecular complexity index is 631. The highest BCUT2D eigenvalue weighted by atomic mass is 79.9. The first-order valence-corrected chi connectivity index (χ1v) is 6.23. The zero-order valence-corrected chi connectivity index (χ0v) is 12.0. The second-order valence-corrected chi connectivity index (χ2v) is 4.86. The minimum absolute atomic E-state index is 0.164. The Balaban J connectivity index is 2.19. The number of hydrogen-bond donors (Lipinski definition) is 1. The number of nitrogens with zero attached hydrogens (tertiary/aromatic N) is 4. The van der Waals surface area contributed by atoms with E-state index in [4.69, 9.17) is 0 Å². The summed E-state index contributed by atoms with van der Waals surface area (Å²) in [6.07, 6.45) is 3.57. The van der Waals surface area contributed by atoms with Crippen LogP contribution in [0, 0.1) is 6.92 Å². The molecule has 2 aromatic rings. The Morgan fingerprint density at radius 1 is 1.44 bits per heavy atom. The highest BCUT2D eigenvalue weighted by Crippen LogP contribution is 2.17. The molecule has 0 fully saturated rings. The first kappa shape index (κ1) is 12.8. The molecule has 6 nitrogen and oxygen atoms in total. The molecule has 0 bridgehead atoms. The van der Waals surface area contributed by atoms with Gasteiger partial charge in [-0.3, -0.25) is 9.48 Å². The molecule has 96 valence electrons. The summed E-state index contributed by atoms with van der Waals surface area (Å²) in [5, 5.41) is 11.4. The third kappa shape index (κ3) is 2.45. The molecule has 2 heterocycles. The van der Waals surface area contributed by atoms with Crippen LogP contribution in [0.15, 0.2) is 21.7 Å². The summed E-state index contributed by atoms with van der Waals surface area (Å²) in [4.78, 5) is 11.7. The molecule has 7 heteroatoms. The lowest BCUT2D eigenvalue weighted by Crippen LogP contribution is -2.21. The van der Waals surface area contributed by atoms with Gasteiger partial charge in [-0.25, -0.2) is 4.68 Å². The lowest BCUT2D eigenvalue weighted by atomic mass is 10.2. The molecule has 18 heavy (non-hydrogen) atoms. The van der Waals surface area contributed by atoms with Gasteiger partial charge >= 0.3 is 0 Å². The standard InChI is InChI=1S/C11H14BrN5O/c1-7-8(6-16(2)15-7)4-13-9-5-14-17(3)11(18)10(9)12/h5-6,13H,4H2,1-3H3. The number of nitrogens with one attached hydrogen (secondary N) is 1. The Morgan fingerprint density at radius 2 is 2.17 bits per heavy atom. The molecule has 0 spiro atoms. The van der Waals surface area contributed by atoms with Crippen molar-refractivity contribution in [1.29, 1.82) is 0 Å². The summed E-state index contributed by atoms with van der Waals surface area (Å²) in [5.41, 5.74) is 2.58. The molecule has 2 rings (SSSR count). The van der Waals surface area contributed by atoms with Gasteiger partial charge in [-0.05, 0) is 22.9 Å². The number of anilines is 1. The highest BCUT2D eigenvalue weighted by molar-refractivity contribution is 9.10. The molecule has 0 amide bonds. The first-order valence-electron chi connectivity index (χ1n) is 5.44. The molecular formula is C11H14BrN5O. The van der Waals surface area contributed by atoms with Crippen LogP contribution in [0.3, 0.4) is 0 Å². The minimum atomic E-state index is -0.164. The van der Waals surface area contributed by atoms with Gasteiger partial charge in [0.25, 0.3) is 5.56 Å². The maximum atomic E-state index is 11.7. The van der Waals surface area contributed by atoms with E-state index in [2.05, 4.69) is 31.4 Å². The van der Waals surface area contributed by atoms with E-state index in [0.717, 1.165) is 11.3 Å². The largest absolute Gasteiger partial charge is 0.378 e. The van der Waals surface area contributed by atoms with Crippen molar-refractivity contribution in [3.05, 3.63) is 38.5 Å². The summed E-state index contributed by atoms with van der Waals surface area (Å²) in [6.45, 7) is 2.56. The van der Waals surface area contributed by atoms with Crippen LogP contribution in [0.2, 0.25) is 0 Å². The Labute approximate surface area is 113 Å². The van der Waals surface area contributed by atoms with Gasteiger partial charge in [-0.2, -0.15) is 10.2 Å². The first-order chi connectivity index (χ1) is 8.49. The quantitative estimate of drug-likeness (QED) is 0.925. The molecule has 0 aromatic carbocycles. The smallest absolute Gasteiger partial charge is 0.282 e. The molecule has 1 N–H and O–H groups in total. The van der Waals surface area contributed by atoms with Crippen LogP contribution in [0.5, 0.6) is 0 Å². The molecule has 0 aliphatic carbocycles. The third-order valence-electron chi connectivity index (χ3n) is 2.66. The van der Waals surface area contributed by atoms with E-state index in [-0.39, 0.29) is 5.56 Å². The van der Waals surface area contributed by atoms with Crippen LogP contribution >= 0.6 is 15.9 Å². The maximum Gasteiger partial charge on any atom is 0.282 e. The number of aryl methyl sites for hydroxylation is 3. The third-order valence-corrected chi connectivity index (χ3v) is 3.43. The molecule has 0 atom stereocenters. The monoisotopic (exact) mass is 311 g/mol. The van der Waals surface area contributed by atoms with Gasteiger partial charge in [-0.15, -0.1) is 0 Å². The van der Waals surface area contributed by atoms with Crippen molar-refractivity contribution in [3.8, 4) is 0 Å². The van der Waals surface area contributed by atoms with Crippen LogP contribution in [-0.2, 0) is 20.6 Å². The predicted octanol–water partition coefficient (Wildman–Crippen LogP) is 1.20. The van der Waals surface area contributed by atoms with Crippen molar-refractivity contribution in [1.82, 2.24) is 19.6 Å². The fourth-order valence-electron chi connectivity index (χ4n) is 1.65. The van der Waals surface area contributed by atoms with Gasteiger partial charge < -0.3 is 5.32 Å². The number of halogens is 1. The van der Waals surface area contributed by atoms with E-state index in [1.807, 2.05) is 20.2 Å². The molecule has 0 saturated heterocycles. The van der Waals surface area contributed by atoms with Crippen LogP contribution in [0.1, 0.15) is 11.3 Å². The van der Waals surface area contributed by atoms with Gasteiger partial charge in [0.1, 0.15) is 4.47 Å². The Kier molecular flexibility index (Phi) is 3.51. The second-order valence-electron chi connectivity index (χ2n) is 4.07. The van der Waals surface area contributed by atoms with Crippen LogP contribution in [0.25, 0.3) is 0 Å². The Morgan fingerprint density at radius 3 is 2.78 bits per heavy atom. The average Bonchev–Trinajstić information content (AvgIpc) is 2.64. The number of hydrogen-bond acceptors (Lipinski definition) is 4. The average molecular weight is 312 g/mol. The number of rotatable bonds is 3. The lowest BCUT2D eigenvalue weighted by molar-refractivity contribution is 0.703. The second kappa shape index (κ2) is 4.93. The number of aromatic nitrogens is 4. The van der Waals surface area contributed by atoms with Crippen molar-refractivity contribution < 1.29 is 0 Å². The van der Waals surface area contributed by atoms with Gasteiger partial charge in [0.2, 0.25) is 0 Å². The Hall–Kier alpha value is -1.63. The van der Waals surface area contributed by atoms with Gasteiger partial charge in [0, 0.05) is 32.4 Å². The minimum Gasteiger partial charge on any atom is -0.378 e. The van der Waals surface area contributed by atoms with E-state index in [9.17, 15) is 4.79 Å². The molecule has 0 aliphatic rings. The van der Waals surface area contributed by atoms with E-state index in [1.165, 1.54) is 4.68 Å². The van der Waals surface area contributed by atoms with Crippen molar-refractivity contribution in [3.63, 3.8) is 0 Å². The highest BCUT2D eigenvalue weighted by Gasteiger charge is 2.08. The molecule has 0 saturated carbocycles. The topological polar surface area (TPSA) is 64.7 Å². The van der Waals surface area contributed by atoms with E-state index < -0.39 is 0 Å². The molecule has 0 aliphatic heterocycles. The zero-order valence-electron chi connectivity index (χ0n) is 10.4.